The standard InChI is InChI=1S/C19H22N4O/c1-13(18-22-11-17(24-18)19(2,3)4)23-16-7-5-14(6-8-16)15-9-20-12-21-10-15/h5-13,23H,1-4H3/t13-/m0/s1. The highest BCUT2D eigenvalue weighted by Crippen LogP contribution is 2.27. The summed E-state index contributed by atoms with van der Waals surface area (Å²) < 4.78 is 5.88. The molecule has 2 aromatic heterocycles. The molecule has 1 aromatic carbocycles. The molecule has 24 heavy (non-hydrogen) atoms. The number of oxazole rings is 1. The third-order valence-electron chi connectivity index (χ3n) is 3.80. The van der Waals surface area contributed by atoms with Crippen LogP contribution < -0.4 is 5.32 Å². The second kappa shape index (κ2) is 6.43. The molecule has 0 bridgehead atoms. The van der Waals surface area contributed by atoms with Crippen LogP contribution in [0.15, 0.2) is 53.6 Å². The normalized spacial score (nSPS) is 12.8. The van der Waals surface area contributed by atoms with Crippen molar-refractivity contribution in [2.45, 2.75) is 39.2 Å². The molecule has 0 aliphatic carbocycles. The van der Waals surface area contributed by atoms with Gasteiger partial charge in [-0.25, -0.2) is 15.0 Å². The van der Waals surface area contributed by atoms with Crippen LogP contribution in [-0.4, -0.2) is 15.0 Å². The maximum atomic E-state index is 5.88. The third-order valence-corrected chi connectivity index (χ3v) is 3.80. The number of rotatable bonds is 4. The van der Waals surface area contributed by atoms with Gasteiger partial charge in [0, 0.05) is 29.1 Å². The van der Waals surface area contributed by atoms with Crippen molar-refractivity contribution in [3.8, 4) is 11.1 Å². The van der Waals surface area contributed by atoms with E-state index in [1.54, 1.807) is 12.4 Å². The van der Waals surface area contributed by atoms with Gasteiger partial charge in [-0.3, -0.25) is 0 Å². The Morgan fingerprint density at radius 3 is 2.21 bits per heavy atom. The molecule has 0 aliphatic heterocycles. The van der Waals surface area contributed by atoms with Gasteiger partial charge in [0.2, 0.25) is 5.89 Å². The SMILES string of the molecule is C[C@H](Nc1ccc(-c2cncnc2)cc1)c1ncc(C(C)(C)C)o1. The number of hydrogen-bond acceptors (Lipinski definition) is 5. The van der Waals surface area contributed by atoms with Gasteiger partial charge >= 0.3 is 0 Å². The van der Waals surface area contributed by atoms with Gasteiger partial charge in [-0.2, -0.15) is 0 Å². The number of anilines is 1. The lowest BCUT2D eigenvalue weighted by molar-refractivity contribution is 0.374. The van der Waals surface area contributed by atoms with Crippen LogP contribution in [0.1, 0.15) is 45.4 Å². The Labute approximate surface area is 142 Å². The van der Waals surface area contributed by atoms with Crippen LogP contribution in [0.25, 0.3) is 11.1 Å². The molecular weight excluding hydrogens is 300 g/mol. The van der Waals surface area contributed by atoms with Crippen LogP contribution in [-0.2, 0) is 5.41 Å². The highest BCUT2D eigenvalue weighted by Gasteiger charge is 2.21. The molecule has 3 rings (SSSR count). The third kappa shape index (κ3) is 3.62. The van der Waals surface area contributed by atoms with E-state index in [4.69, 9.17) is 4.42 Å². The van der Waals surface area contributed by atoms with Crippen LogP contribution in [0.5, 0.6) is 0 Å². The quantitative estimate of drug-likeness (QED) is 0.760. The number of nitrogens with one attached hydrogen (secondary N) is 1. The van der Waals surface area contributed by atoms with Crippen LogP contribution in [0, 0.1) is 0 Å². The topological polar surface area (TPSA) is 63.8 Å². The first-order chi connectivity index (χ1) is 11.4. The van der Waals surface area contributed by atoms with E-state index in [0.717, 1.165) is 22.6 Å². The van der Waals surface area contributed by atoms with Crippen molar-refractivity contribution in [3.05, 3.63) is 60.8 Å². The summed E-state index contributed by atoms with van der Waals surface area (Å²) in [5.41, 5.74) is 3.06. The molecule has 5 heteroatoms. The van der Waals surface area contributed by atoms with Crippen LogP contribution in [0.4, 0.5) is 5.69 Å². The molecule has 3 aromatic rings. The van der Waals surface area contributed by atoms with E-state index in [9.17, 15) is 0 Å². The summed E-state index contributed by atoms with van der Waals surface area (Å²) in [7, 11) is 0. The first-order valence-electron chi connectivity index (χ1n) is 8.01. The lowest BCUT2D eigenvalue weighted by Gasteiger charge is -2.15. The van der Waals surface area contributed by atoms with Crippen molar-refractivity contribution in [2.24, 2.45) is 0 Å². The van der Waals surface area contributed by atoms with Crippen LogP contribution >= 0.6 is 0 Å². The Morgan fingerprint density at radius 2 is 1.62 bits per heavy atom. The van der Waals surface area contributed by atoms with Gasteiger partial charge in [-0.1, -0.05) is 32.9 Å². The van der Waals surface area contributed by atoms with Gasteiger partial charge in [-0.05, 0) is 24.6 Å². The fourth-order valence-electron chi connectivity index (χ4n) is 2.35. The van der Waals surface area contributed by atoms with E-state index in [1.807, 2.05) is 37.4 Å². The molecule has 0 fully saturated rings. The monoisotopic (exact) mass is 322 g/mol. The maximum absolute atomic E-state index is 5.88. The number of benzene rings is 1. The fraction of sp³-hybridized carbons (Fsp3) is 0.316. The minimum absolute atomic E-state index is 0.00740. The van der Waals surface area contributed by atoms with Gasteiger partial charge in [0.05, 0.1) is 6.20 Å². The maximum Gasteiger partial charge on any atom is 0.216 e. The van der Waals surface area contributed by atoms with E-state index in [1.165, 1.54) is 6.33 Å². The zero-order chi connectivity index (χ0) is 17.2. The van der Waals surface area contributed by atoms with Crippen LogP contribution in [0.3, 0.4) is 0 Å². The molecule has 124 valence electrons. The van der Waals surface area contributed by atoms with Gasteiger partial charge in [0.25, 0.3) is 0 Å². The molecule has 2 heterocycles. The molecule has 0 amide bonds. The summed E-state index contributed by atoms with van der Waals surface area (Å²) in [6.45, 7) is 8.38. The molecule has 0 spiro atoms. The van der Waals surface area contributed by atoms with Crippen molar-refractivity contribution < 1.29 is 4.42 Å². The van der Waals surface area contributed by atoms with Crippen molar-refractivity contribution in [3.63, 3.8) is 0 Å². The number of nitrogens with zero attached hydrogens (tertiary/aromatic N) is 3. The molecule has 0 radical (unpaired) electrons. The van der Waals surface area contributed by atoms with Gasteiger partial charge < -0.3 is 9.73 Å². The molecule has 0 unspecified atom stereocenters. The second-order valence-corrected chi connectivity index (χ2v) is 6.88. The second-order valence-electron chi connectivity index (χ2n) is 6.88. The zero-order valence-electron chi connectivity index (χ0n) is 14.4. The largest absolute Gasteiger partial charge is 0.443 e. The molecule has 0 aliphatic rings. The Morgan fingerprint density at radius 1 is 0.958 bits per heavy atom. The summed E-state index contributed by atoms with van der Waals surface area (Å²) >= 11 is 0. The van der Waals surface area contributed by atoms with Crippen molar-refractivity contribution in [1.82, 2.24) is 15.0 Å². The lowest BCUT2D eigenvalue weighted by atomic mass is 9.94. The summed E-state index contributed by atoms with van der Waals surface area (Å²) in [5.74, 6) is 1.59. The molecule has 0 saturated heterocycles. The van der Waals surface area contributed by atoms with E-state index in [-0.39, 0.29) is 11.5 Å². The predicted molar refractivity (Wildman–Crippen MR) is 94.7 cm³/mol. The lowest BCUT2D eigenvalue weighted by Crippen LogP contribution is -2.10. The minimum atomic E-state index is -0.0373. The number of hydrogen-bond donors (Lipinski definition) is 1. The van der Waals surface area contributed by atoms with Crippen molar-refractivity contribution in [2.75, 3.05) is 5.32 Å². The summed E-state index contributed by atoms with van der Waals surface area (Å²) in [6, 6.07) is 8.15. The summed E-state index contributed by atoms with van der Waals surface area (Å²) in [6.07, 6.45) is 6.95. The number of aromatic nitrogens is 3. The van der Waals surface area contributed by atoms with E-state index >= 15 is 0 Å². The minimum Gasteiger partial charge on any atom is -0.443 e. The average Bonchev–Trinajstić information content (AvgIpc) is 3.07. The highest BCUT2D eigenvalue weighted by atomic mass is 16.4. The van der Waals surface area contributed by atoms with E-state index < -0.39 is 0 Å². The fourth-order valence-corrected chi connectivity index (χ4v) is 2.35. The van der Waals surface area contributed by atoms with Crippen molar-refractivity contribution >= 4 is 5.69 Å². The van der Waals surface area contributed by atoms with Gasteiger partial charge in [0.15, 0.2) is 0 Å². The summed E-state index contributed by atoms with van der Waals surface area (Å²) in [5, 5.41) is 3.41. The Kier molecular flexibility index (Phi) is 4.34. The van der Waals surface area contributed by atoms with Gasteiger partial charge in [-0.15, -0.1) is 0 Å². The van der Waals surface area contributed by atoms with Crippen molar-refractivity contribution in [1.29, 1.82) is 0 Å². The van der Waals surface area contributed by atoms with Crippen LogP contribution in [0.2, 0.25) is 0 Å². The molecule has 1 atom stereocenters. The first kappa shape index (κ1) is 16.2. The van der Waals surface area contributed by atoms with E-state index in [2.05, 4.69) is 41.0 Å². The zero-order valence-corrected chi connectivity index (χ0v) is 14.4. The summed E-state index contributed by atoms with van der Waals surface area (Å²) in [4.78, 5) is 12.5. The first-order valence-corrected chi connectivity index (χ1v) is 8.01. The smallest absolute Gasteiger partial charge is 0.216 e. The highest BCUT2D eigenvalue weighted by molar-refractivity contribution is 5.64. The predicted octanol–water partition coefficient (Wildman–Crippen LogP) is 4.60. The Hall–Kier alpha value is -2.69. The molecular formula is C19H22N4O. The Bertz CT molecular complexity index is 788. The van der Waals surface area contributed by atoms with Gasteiger partial charge in [0.1, 0.15) is 18.1 Å². The molecule has 0 saturated carbocycles. The average molecular weight is 322 g/mol. The Balaban J connectivity index is 1.71. The molecule has 1 N–H and O–H groups in total. The molecule has 5 nitrogen and oxygen atoms in total. The van der Waals surface area contributed by atoms with E-state index in [0.29, 0.717) is 5.89 Å².